The molecule has 9 heteroatoms. The molecule has 0 aliphatic carbocycles. The Bertz CT molecular complexity index is 1310. The number of likely N-dealkylation sites (tertiary alicyclic amines) is 1. The van der Waals surface area contributed by atoms with Gasteiger partial charge in [0.1, 0.15) is 23.3 Å². The lowest BCUT2D eigenvalue weighted by atomic mass is 9.79. The molecule has 2 saturated heterocycles. The number of carbonyl (C=O) groups excluding carboxylic acids is 1. The summed E-state index contributed by atoms with van der Waals surface area (Å²) in [4.78, 5) is 18.8. The molecular formula is C31H39ClF2N4O2. The van der Waals surface area contributed by atoms with Gasteiger partial charge in [0.25, 0.3) is 0 Å². The molecular weight excluding hydrogens is 534 g/mol. The van der Waals surface area contributed by atoms with Gasteiger partial charge in [0, 0.05) is 41.2 Å². The number of hydrogen-bond donors (Lipinski definition) is 1. The minimum atomic E-state index is -0.853. The van der Waals surface area contributed by atoms with E-state index in [4.69, 9.17) is 16.3 Å². The van der Waals surface area contributed by atoms with E-state index in [2.05, 4.69) is 37.1 Å². The van der Waals surface area contributed by atoms with E-state index in [0.717, 1.165) is 30.4 Å². The predicted octanol–water partition coefficient (Wildman–Crippen LogP) is 5.46. The molecule has 4 atom stereocenters. The van der Waals surface area contributed by atoms with E-state index < -0.39 is 46.6 Å². The largest absolute Gasteiger partial charge is 0.359 e. The number of hydrogen-bond acceptors (Lipinski definition) is 5. The SMILES string of the molecule is CC1C(Cl)=CC2=C(N1C(=O)[C@@H]1CN(C(C)(C)C)C[C@H]1c1ccc(F)cc1F)C1(CCNCC1)OC2C(C)(C)C#N. The zero-order valence-corrected chi connectivity index (χ0v) is 24.9. The van der Waals surface area contributed by atoms with E-state index >= 15 is 4.39 Å². The van der Waals surface area contributed by atoms with Crippen molar-refractivity contribution >= 4 is 17.5 Å². The number of rotatable bonds is 3. The fourth-order valence-corrected chi connectivity index (χ4v) is 7.01. The van der Waals surface area contributed by atoms with Gasteiger partial charge < -0.3 is 15.0 Å². The van der Waals surface area contributed by atoms with Crippen molar-refractivity contribution in [1.82, 2.24) is 15.1 Å². The van der Waals surface area contributed by atoms with Crippen molar-refractivity contribution in [3.63, 3.8) is 0 Å². The first-order valence-electron chi connectivity index (χ1n) is 14.1. The van der Waals surface area contributed by atoms with Crippen LogP contribution < -0.4 is 5.32 Å². The molecule has 0 bridgehead atoms. The monoisotopic (exact) mass is 572 g/mol. The Morgan fingerprint density at radius 3 is 2.45 bits per heavy atom. The number of nitrogens with one attached hydrogen (secondary N) is 1. The second-order valence-electron chi connectivity index (χ2n) is 13.2. The van der Waals surface area contributed by atoms with Crippen LogP contribution in [0.2, 0.25) is 0 Å². The van der Waals surface area contributed by atoms with E-state index in [1.54, 1.807) is 4.90 Å². The third kappa shape index (κ3) is 4.79. The molecule has 40 heavy (non-hydrogen) atoms. The van der Waals surface area contributed by atoms with Crippen LogP contribution in [0.4, 0.5) is 8.78 Å². The van der Waals surface area contributed by atoms with Gasteiger partial charge in [-0.05, 0) is 85.2 Å². The first kappa shape index (κ1) is 29.2. The van der Waals surface area contributed by atoms with Crippen molar-refractivity contribution in [2.45, 2.75) is 83.6 Å². The van der Waals surface area contributed by atoms with Gasteiger partial charge in [0.2, 0.25) is 5.91 Å². The minimum Gasteiger partial charge on any atom is -0.359 e. The molecule has 5 rings (SSSR count). The highest BCUT2D eigenvalue weighted by molar-refractivity contribution is 6.30. The number of ether oxygens (including phenoxy) is 1. The number of halogens is 3. The Morgan fingerprint density at radius 1 is 1.18 bits per heavy atom. The van der Waals surface area contributed by atoms with Crippen LogP contribution in [0.25, 0.3) is 0 Å². The van der Waals surface area contributed by atoms with Gasteiger partial charge in [-0.25, -0.2) is 8.78 Å². The molecule has 0 saturated carbocycles. The summed E-state index contributed by atoms with van der Waals surface area (Å²) in [6.07, 6.45) is 2.64. The summed E-state index contributed by atoms with van der Waals surface area (Å²) in [7, 11) is 0. The maximum atomic E-state index is 15.2. The van der Waals surface area contributed by atoms with Gasteiger partial charge in [-0.3, -0.25) is 9.69 Å². The van der Waals surface area contributed by atoms with Crippen molar-refractivity contribution in [2.75, 3.05) is 26.2 Å². The van der Waals surface area contributed by atoms with Gasteiger partial charge in [0.05, 0.1) is 29.1 Å². The number of nitrogens with zero attached hydrogens (tertiary/aromatic N) is 3. The Balaban J connectivity index is 1.63. The molecule has 4 aliphatic rings. The fourth-order valence-electron chi connectivity index (χ4n) is 6.80. The summed E-state index contributed by atoms with van der Waals surface area (Å²) in [5.74, 6) is -2.49. The van der Waals surface area contributed by atoms with Crippen molar-refractivity contribution in [3.8, 4) is 6.07 Å². The van der Waals surface area contributed by atoms with Crippen molar-refractivity contribution in [1.29, 1.82) is 5.26 Å². The van der Waals surface area contributed by atoms with Crippen LogP contribution in [-0.4, -0.2) is 65.2 Å². The van der Waals surface area contributed by atoms with Crippen LogP contribution >= 0.6 is 11.6 Å². The molecule has 2 fully saturated rings. The molecule has 0 radical (unpaired) electrons. The molecule has 216 valence electrons. The lowest BCUT2D eigenvalue weighted by molar-refractivity contribution is -0.139. The molecule has 1 amide bonds. The number of amides is 1. The van der Waals surface area contributed by atoms with Crippen LogP contribution in [0.15, 0.2) is 40.6 Å². The molecule has 1 aromatic rings. The Morgan fingerprint density at radius 2 is 1.85 bits per heavy atom. The molecule has 1 aromatic carbocycles. The van der Waals surface area contributed by atoms with Gasteiger partial charge in [0.15, 0.2) is 0 Å². The summed E-state index contributed by atoms with van der Waals surface area (Å²) in [5, 5.41) is 13.9. The van der Waals surface area contributed by atoms with Gasteiger partial charge in [-0.2, -0.15) is 5.26 Å². The zero-order chi connectivity index (χ0) is 29.2. The summed E-state index contributed by atoms with van der Waals surface area (Å²) >= 11 is 6.83. The minimum absolute atomic E-state index is 0.149. The first-order valence-corrected chi connectivity index (χ1v) is 14.5. The topological polar surface area (TPSA) is 68.6 Å². The van der Waals surface area contributed by atoms with Crippen LogP contribution in [0.5, 0.6) is 0 Å². The third-order valence-corrected chi connectivity index (χ3v) is 9.62. The summed E-state index contributed by atoms with van der Waals surface area (Å²) in [5.41, 5.74) is 0.0600. The predicted molar refractivity (Wildman–Crippen MR) is 150 cm³/mol. The van der Waals surface area contributed by atoms with Crippen LogP contribution in [-0.2, 0) is 9.53 Å². The number of fused-ring (bicyclic) bond motifs is 1. The van der Waals surface area contributed by atoms with E-state index in [-0.39, 0.29) is 11.4 Å². The third-order valence-electron chi connectivity index (χ3n) is 9.19. The summed E-state index contributed by atoms with van der Waals surface area (Å²) in [6.45, 7) is 14.2. The smallest absolute Gasteiger partial charge is 0.232 e. The molecule has 2 unspecified atom stereocenters. The number of benzene rings is 1. The lowest BCUT2D eigenvalue weighted by Gasteiger charge is -2.44. The number of carbonyl (C=O) groups is 1. The molecule has 4 aliphatic heterocycles. The average Bonchev–Trinajstić information content (AvgIpc) is 3.46. The average molecular weight is 573 g/mol. The van der Waals surface area contributed by atoms with Crippen LogP contribution in [0, 0.1) is 34.3 Å². The van der Waals surface area contributed by atoms with E-state index in [1.807, 2.05) is 26.8 Å². The molecule has 1 N–H and O–H groups in total. The van der Waals surface area contributed by atoms with Gasteiger partial charge >= 0.3 is 0 Å². The lowest BCUT2D eigenvalue weighted by Crippen LogP contribution is -2.54. The molecule has 6 nitrogen and oxygen atoms in total. The molecule has 4 heterocycles. The van der Waals surface area contributed by atoms with E-state index in [1.165, 1.54) is 12.1 Å². The maximum absolute atomic E-state index is 15.2. The van der Waals surface area contributed by atoms with Gasteiger partial charge in [-0.1, -0.05) is 17.7 Å². The van der Waals surface area contributed by atoms with E-state index in [9.17, 15) is 14.4 Å². The number of nitriles is 1. The second-order valence-corrected chi connectivity index (χ2v) is 13.7. The van der Waals surface area contributed by atoms with Gasteiger partial charge in [-0.15, -0.1) is 0 Å². The van der Waals surface area contributed by atoms with Crippen molar-refractivity contribution in [3.05, 3.63) is 57.8 Å². The highest BCUT2D eigenvalue weighted by atomic mass is 35.5. The first-order chi connectivity index (χ1) is 18.7. The molecule has 1 spiro atoms. The Labute approximate surface area is 241 Å². The van der Waals surface area contributed by atoms with Crippen molar-refractivity contribution in [2.24, 2.45) is 11.3 Å². The Hall–Kier alpha value is -2.31. The summed E-state index contributed by atoms with van der Waals surface area (Å²) < 4.78 is 35.8. The fraction of sp³-hybridized carbons (Fsp3) is 0.613. The quantitative estimate of drug-likeness (QED) is 0.521. The normalized spacial score (nSPS) is 29.0. The van der Waals surface area contributed by atoms with Crippen LogP contribution in [0.1, 0.15) is 65.9 Å². The Kier molecular flexibility index (Phi) is 7.44. The van der Waals surface area contributed by atoms with E-state index in [0.29, 0.717) is 36.5 Å². The molecule has 0 aromatic heterocycles. The standard InChI is InChI=1S/C31H39ClF2N4O2/c1-18-24(32)14-21-26(31(9-11-36-12-10-31)40-27(21)30(5,6)17-35)38(18)28(39)23-16-37(29(2,3)4)15-22(23)20-8-7-19(33)13-25(20)34/h7-8,13-14,18,22-23,27,36H,9-12,15-16H2,1-6H3/t18?,22-,23+,27?/m0/s1. The van der Waals surface area contributed by atoms with Crippen LogP contribution in [0.3, 0.4) is 0 Å². The maximum Gasteiger partial charge on any atom is 0.232 e. The highest BCUT2D eigenvalue weighted by Gasteiger charge is 2.57. The van der Waals surface area contributed by atoms with Crippen molar-refractivity contribution < 1.29 is 18.3 Å². The summed E-state index contributed by atoms with van der Waals surface area (Å²) in [6, 6.07) is 5.57. The highest BCUT2D eigenvalue weighted by Crippen LogP contribution is 2.53. The number of piperidine rings is 1. The zero-order valence-electron chi connectivity index (χ0n) is 24.2. The second kappa shape index (κ2) is 10.2.